The van der Waals surface area contributed by atoms with Crippen molar-refractivity contribution >= 4 is 23.2 Å². The molecule has 2 amide bonds. The number of rotatable bonds is 3. The van der Waals surface area contributed by atoms with E-state index in [1.54, 1.807) is 15.9 Å². The first-order valence-corrected chi connectivity index (χ1v) is 16.5. The lowest BCUT2D eigenvalue weighted by molar-refractivity contribution is 0.00857. The van der Waals surface area contributed by atoms with Crippen LogP contribution in [0, 0.1) is 17.7 Å². The predicted molar refractivity (Wildman–Crippen MR) is 180 cm³/mol. The minimum Gasteiger partial charge on any atom is -0.444 e. The number of hydrogen-bond acceptors (Lipinski definition) is 6. The smallest absolute Gasteiger partial charge is 0.411 e. The molecule has 2 aliphatic rings. The average molecular weight is 655 g/mol. The van der Waals surface area contributed by atoms with E-state index < -0.39 is 28.7 Å². The largest absolute Gasteiger partial charge is 0.444 e. The molecule has 0 radical (unpaired) electrons. The summed E-state index contributed by atoms with van der Waals surface area (Å²) in [5.41, 5.74) is 1.88. The van der Waals surface area contributed by atoms with Gasteiger partial charge in [0.1, 0.15) is 39.7 Å². The molecule has 2 aromatic carbocycles. The molecule has 0 spiro atoms. The van der Waals surface area contributed by atoms with E-state index in [9.17, 15) is 9.59 Å². The molecule has 0 aliphatic carbocycles. The van der Waals surface area contributed by atoms with Crippen LogP contribution in [0.3, 0.4) is 0 Å². The number of fused-ring (bicyclic) bond motifs is 1. The molecule has 252 valence electrons. The molecule has 4 heterocycles. The minimum absolute atomic E-state index is 0.287. The fourth-order valence-electron chi connectivity index (χ4n) is 6.34. The number of H-pyrrole nitrogens is 2. The summed E-state index contributed by atoms with van der Waals surface area (Å²) in [6.45, 7) is 14.3. The van der Waals surface area contributed by atoms with Crippen molar-refractivity contribution in [3.8, 4) is 23.1 Å². The number of likely N-dealkylation sites (tertiary alicyclic amines) is 2. The Labute approximate surface area is 280 Å². The first kappa shape index (κ1) is 33.1. The Bertz CT molecular complexity index is 1910. The molecule has 2 N–H and O–H groups in total. The van der Waals surface area contributed by atoms with Gasteiger partial charge in [-0.15, -0.1) is 0 Å². The van der Waals surface area contributed by atoms with Crippen LogP contribution >= 0.6 is 0 Å². The predicted octanol–water partition coefficient (Wildman–Crippen LogP) is 7.81. The summed E-state index contributed by atoms with van der Waals surface area (Å²) in [6, 6.07) is 10.5. The van der Waals surface area contributed by atoms with Crippen LogP contribution in [-0.4, -0.2) is 66.2 Å². The molecule has 10 nitrogen and oxygen atoms in total. The maximum Gasteiger partial charge on any atom is 0.411 e. The first-order valence-electron chi connectivity index (χ1n) is 16.5. The van der Waals surface area contributed by atoms with Crippen molar-refractivity contribution in [3.63, 3.8) is 0 Å². The van der Waals surface area contributed by atoms with Crippen molar-refractivity contribution in [3.05, 3.63) is 71.2 Å². The number of carbonyl (C=O) groups is 2. The van der Waals surface area contributed by atoms with E-state index in [1.807, 2.05) is 78.9 Å². The van der Waals surface area contributed by atoms with E-state index in [0.717, 1.165) is 36.1 Å². The number of nitrogens with zero attached hydrogens (tertiary/aromatic N) is 4. The average Bonchev–Trinajstić information content (AvgIpc) is 3.80. The normalized spacial score (nSPS) is 19.8. The number of imidazole rings is 2. The highest BCUT2D eigenvalue weighted by Crippen LogP contribution is 2.39. The number of benzene rings is 2. The van der Waals surface area contributed by atoms with E-state index in [4.69, 9.17) is 14.5 Å². The second kappa shape index (κ2) is 12.3. The maximum absolute atomic E-state index is 15.2. The van der Waals surface area contributed by atoms with Gasteiger partial charge in [0.2, 0.25) is 0 Å². The quantitative estimate of drug-likeness (QED) is 0.218. The van der Waals surface area contributed by atoms with E-state index in [-0.39, 0.29) is 17.7 Å². The summed E-state index contributed by atoms with van der Waals surface area (Å²) in [5.74, 6) is 6.98. The number of aromatic amines is 2. The van der Waals surface area contributed by atoms with E-state index in [1.165, 1.54) is 6.07 Å². The third kappa shape index (κ3) is 6.89. The highest BCUT2D eigenvalue weighted by Gasteiger charge is 2.45. The van der Waals surface area contributed by atoms with Crippen LogP contribution in [0.15, 0.2) is 42.6 Å². The van der Waals surface area contributed by atoms with Crippen molar-refractivity contribution in [1.82, 2.24) is 29.7 Å². The van der Waals surface area contributed by atoms with Crippen LogP contribution in [-0.2, 0) is 15.0 Å². The van der Waals surface area contributed by atoms with Crippen LogP contribution in [0.5, 0.6) is 0 Å². The van der Waals surface area contributed by atoms with Gasteiger partial charge in [0.25, 0.3) is 0 Å². The lowest BCUT2D eigenvalue weighted by Crippen LogP contribution is -2.46. The number of hydrogen-bond donors (Lipinski definition) is 2. The molecular formula is C37H43FN6O4. The van der Waals surface area contributed by atoms with Gasteiger partial charge < -0.3 is 19.4 Å². The molecule has 2 aliphatic heterocycles. The van der Waals surface area contributed by atoms with Gasteiger partial charge in [-0.3, -0.25) is 9.80 Å². The molecule has 2 atom stereocenters. The van der Waals surface area contributed by atoms with E-state index in [0.29, 0.717) is 42.2 Å². The van der Waals surface area contributed by atoms with Gasteiger partial charge in [0.05, 0.1) is 17.3 Å². The number of amides is 2. The zero-order chi connectivity index (χ0) is 34.4. The lowest BCUT2D eigenvalue weighted by Gasteiger charge is -2.34. The highest BCUT2D eigenvalue weighted by molar-refractivity contribution is 5.78. The van der Waals surface area contributed by atoms with Crippen molar-refractivity contribution in [2.45, 2.75) is 96.9 Å². The molecule has 6 rings (SSSR count). The molecule has 2 saturated heterocycles. The SMILES string of the molecule is CC(C)(C)OC(=O)N1CCCC1c1nc2cc(C#Cc3ccc(-c4c[nH]c([C@@]5(C)CCCN5C(=O)OC(C)(C)C)n4)cc3)cc(F)c2[nH]1. The Morgan fingerprint density at radius 3 is 2.33 bits per heavy atom. The summed E-state index contributed by atoms with van der Waals surface area (Å²) in [4.78, 5) is 45.1. The Morgan fingerprint density at radius 1 is 0.938 bits per heavy atom. The third-order valence-electron chi connectivity index (χ3n) is 8.63. The minimum atomic E-state index is -0.610. The van der Waals surface area contributed by atoms with Crippen molar-refractivity contribution in [2.75, 3.05) is 13.1 Å². The van der Waals surface area contributed by atoms with Crippen molar-refractivity contribution in [1.29, 1.82) is 0 Å². The van der Waals surface area contributed by atoms with Crippen LogP contribution in [0.1, 0.15) is 103 Å². The van der Waals surface area contributed by atoms with Gasteiger partial charge in [-0.25, -0.2) is 23.9 Å². The topological polar surface area (TPSA) is 116 Å². The summed E-state index contributed by atoms with van der Waals surface area (Å²) in [5, 5.41) is 0. The number of ether oxygens (including phenoxy) is 2. The van der Waals surface area contributed by atoms with Gasteiger partial charge in [0, 0.05) is 36.0 Å². The standard InChI is InChI=1S/C37H43FN6O4/c1-35(2,3)47-33(45)43-18-8-10-29(43)31-40-27-21-24(20-26(38)30(27)42-31)12-11-23-13-15-25(16-14-23)28-22-39-32(41-28)37(7)17-9-19-44(37)34(46)48-36(4,5)6/h13-16,20-22,29H,8-10,17-19H2,1-7H3,(H,39,41)(H,40,42)/t29?,37-/m1/s1. The highest BCUT2D eigenvalue weighted by atomic mass is 19.1. The van der Waals surface area contributed by atoms with Crippen LogP contribution in [0.25, 0.3) is 22.3 Å². The van der Waals surface area contributed by atoms with Gasteiger partial charge in [0.15, 0.2) is 0 Å². The number of nitrogens with one attached hydrogen (secondary N) is 2. The van der Waals surface area contributed by atoms with Gasteiger partial charge in [-0.1, -0.05) is 24.0 Å². The molecule has 2 fully saturated rings. The van der Waals surface area contributed by atoms with Crippen LogP contribution < -0.4 is 0 Å². The van der Waals surface area contributed by atoms with Gasteiger partial charge in [-0.05, 0) is 98.4 Å². The fraction of sp³-hybridized carbons (Fsp3) is 0.459. The van der Waals surface area contributed by atoms with E-state index in [2.05, 4.69) is 26.8 Å². The molecule has 1 unspecified atom stereocenters. The van der Waals surface area contributed by atoms with Gasteiger partial charge >= 0.3 is 12.2 Å². The van der Waals surface area contributed by atoms with Crippen molar-refractivity contribution in [2.24, 2.45) is 0 Å². The summed E-state index contributed by atoms with van der Waals surface area (Å²) >= 11 is 0. The molecule has 0 bridgehead atoms. The van der Waals surface area contributed by atoms with Crippen LogP contribution in [0.4, 0.5) is 14.0 Å². The lowest BCUT2D eigenvalue weighted by atomic mass is 9.98. The summed E-state index contributed by atoms with van der Waals surface area (Å²) < 4.78 is 26.4. The Hall–Kier alpha value is -4.85. The molecule has 0 saturated carbocycles. The zero-order valence-electron chi connectivity index (χ0n) is 28.7. The third-order valence-corrected chi connectivity index (χ3v) is 8.63. The Morgan fingerprint density at radius 2 is 1.62 bits per heavy atom. The zero-order valence-corrected chi connectivity index (χ0v) is 28.7. The summed E-state index contributed by atoms with van der Waals surface area (Å²) in [6.07, 6.45) is 4.29. The summed E-state index contributed by atoms with van der Waals surface area (Å²) in [7, 11) is 0. The fourth-order valence-corrected chi connectivity index (χ4v) is 6.34. The number of carbonyl (C=O) groups excluding carboxylic acids is 2. The molecule has 2 aromatic heterocycles. The second-order valence-electron chi connectivity index (χ2n) is 14.8. The molecule has 11 heteroatoms. The Kier molecular flexibility index (Phi) is 8.48. The number of halogens is 1. The Balaban J connectivity index is 1.16. The van der Waals surface area contributed by atoms with E-state index >= 15 is 4.39 Å². The first-order chi connectivity index (χ1) is 22.6. The second-order valence-corrected chi connectivity index (χ2v) is 14.8. The van der Waals surface area contributed by atoms with Crippen LogP contribution in [0.2, 0.25) is 0 Å². The number of aromatic nitrogens is 4. The van der Waals surface area contributed by atoms with Crippen molar-refractivity contribution < 1.29 is 23.5 Å². The van der Waals surface area contributed by atoms with Gasteiger partial charge in [-0.2, -0.15) is 0 Å². The molecule has 48 heavy (non-hydrogen) atoms. The molecule has 4 aromatic rings. The maximum atomic E-state index is 15.2. The monoisotopic (exact) mass is 654 g/mol. The molecular weight excluding hydrogens is 611 g/mol.